The van der Waals surface area contributed by atoms with E-state index in [2.05, 4.69) is 4.98 Å². The first kappa shape index (κ1) is 11.6. The van der Waals surface area contributed by atoms with Crippen LogP contribution in [0, 0.1) is 6.92 Å². The third-order valence-electron chi connectivity index (χ3n) is 2.99. The third-order valence-corrected chi connectivity index (χ3v) is 2.99. The highest BCUT2D eigenvalue weighted by Crippen LogP contribution is 2.20. The fraction of sp³-hybridized carbons (Fsp3) is 0.545. The number of nitrogens with zero attached hydrogens (tertiary/aromatic N) is 2. The number of aliphatic carboxylic acids is 1. The molecule has 1 aromatic rings. The SMILES string of the molecule is Cc1ncoc1C(=O)N1CCCC[C@@H]1C(=O)O. The summed E-state index contributed by atoms with van der Waals surface area (Å²) in [6, 6.07) is -0.749. The van der Waals surface area contributed by atoms with E-state index in [4.69, 9.17) is 9.52 Å². The van der Waals surface area contributed by atoms with Crippen molar-refractivity contribution in [2.24, 2.45) is 0 Å². The van der Waals surface area contributed by atoms with Gasteiger partial charge < -0.3 is 14.4 Å². The molecule has 1 atom stereocenters. The fourth-order valence-corrected chi connectivity index (χ4v) is 2.07. The maximum Gasteiger partial charge on any atom is 0.326 e. The summed E-state index contributed by atoms with van der Waals surface area (Å²) in [6.45, 7) is 2.12. The largest absolute Gasteiger partial charge is 0.480 e. The van der Waals surface area contributed by atoms with Crippen molar-refractivity contribution in [3.05, 3.63) is 17.8 Å². The zero-order valence-corrected chi connectivity index (χ0v) is 9.55. The van der Waals surface area contributed by atoms with Gasteiger partial charge in [0.05, 0.1) is 5.69 Å². The summed E-state index contributed by atoms with van der Waals surface area (Å²) in [5, 5.41) is 9.08. The van der Waals surface area contributed by atoms with E-state index >= 15 is 0 Å². The van der Waals surface area contributed by atoms with Crippen LogP contribution in [0.4, 0.5) is 0 Å². The Morgan fingerprint density at radius 3 is 2.88 bits per heavy atom. The molecule has 17 heavy (non-hydrogen) atoms. The van der Waals surface area contributed by atoms with Crippen LogP contribution in [0.5, 0.6) is 0 Å². The number of carboxylic acid groups (broad SMARTS) is 1. The Morgan fingerprint density at radius 1 is 1.53 bits per heavy atom. The summed E-state index contributed by atoms with van der Waals surface area (Å²) in [6.07, 6.45) is 3.34. The molecule has 1 fully saturated rings. The number of aromatic nitrogens is 1. The first-order valence-corrected chi connectivity index (χ1v) is 5.55. The van der Waals surface area contributed by atoms with Gasteiger partial charge in [0.2, 0.25) is 5.76 Å². The molecule has 92 valence electrons. The molecule has 1 saturated heterocycles. The highest BCUT2D eigenvalue weighted by molar-refractivity contribution is 5.95. The highest BCUT2D eigenvalue weighted by Gasteiger charge is 2.34. The number of oxazole rings is 1. The molecule has 0 bridgehead atoms. The molecule has 1 amide bonds. The van der Waals surface area contributed by atoms with Gasteiger partial charge in [0.1, 0.15) is 6.04 Å². The number of rotatable bonds is 2. The molecule has 1 aliphatic rings. The van der Waals surface area contributed by atoms with E-state index in [0.29, 0.717) is 18.7 Å². The van der Waals surface area contributed by atoms with Crippen molar-refractivity contribution in [3.8, 4) is 0 Å². The second-order valence-electron chi connectivity index (χ2n) is 4.12. The van der Waals surface area contributed by atoms with Gasteiger partial charge in [-0.25, -0.2) is 9.78 Å². The van der Waals surface area contributed by atoms with E-state index in [1.165, 1.54) is 11.3 Å². The van der Waals surface area contributed by atoms with Crippen molar-refractivity contribution >= 4 is 11.9 Å². The second kappa shape index (κ2) is 4.57. The third kappa shape index (κ3) is 2.15. The topological polar surface area (TPSA) is 83.6 Å². The van der Waals surface area contributed by atoms with Crippen LogP contribution in [0.1, 0.15) is 35.5 Å². The maximum absolute atomic E-state index is 12.1. The van der Waals surface area contributed by atoms with Gasteiger partial charge in [-0.1, -0.05) is 0 Å². The smallest absolute Gasteiger partial charge is 0.326 e. The van der Waals surface area contributed by atoms with Crippen molar-refractivity contribution in [1.29, 1.82) is 0 Å². The van der Waals surface area contributed by atoms with Crippen LogP contribution in [-0.2, 0) is 4.79 Å². The Labute approximate surface area is 98.2 Å². The summed E-state index contributed by atoms with van der Waals surface area (Å²) in [7, 11) is 0. The molecule has 6 heteroatoms. The minimum Gasteiger partial charge on any atom is -0.480 e. The van der Waals surface area contributed by atoms with Crippen molar-refractivity contribution in [2.75, 3.05) is 6.54 Å². The molecule has 0 aromatic carbocycles. The van der Waals surface area contributed by atoms with Crippen molar-refractivity contribution in [3.63, 3.8) is 0 Å². The van der Waals surface area contributed by atoms with E-state index in [1.54, 1.807) is 6.92 Å². The normalized spacial score (nSPS) is 20.3. The summed E-state index contributed by atoms with van der Waals surface area (Å²) in [5.41, 5.74) is 0.490. The molecule has 1 aromatic heterocycles. The number of carboxylic acids is 1. The standard InChI is InChI=1S/C11H14N2O4/c1-7-9(17-6-12-7)10(14)13-5-3-2-4-8(13)11(15)16/h6,8H,2-5H2,1H3,(H,15,16)/t8-/m1/s1. The number of likely N-dealkylation sites (tertiary alicyclic amines) is 1. The first-order valence-electron chi connectivity index (χ1n) is 5.55. The number of hydrogen-bond acceptors (Lipinski definition) is 4. The Bertz CT molecular complexity index is 440. The highest BCUT2D eigenvalue weighted by atomic mass is 16.4. The van der Waals surface area contributed by atoms with Gasteiger partial charge in [0.25, 0.3) is 5.91 Å². The summed E-state index contributed by atoms with van der Waals surface area (Å²) < 4.78 is 5.01. The summed E-state index contributed by atoms with van der Waals surface area (Å²) in [4.78, 5) is 28.4. The van der Waals surface area contributed by atoms with Gasteiger partial charge in [-0.15, -0.1) is 0 Å². The van der Waals surface area contributed by atoms with E-state index in [1.807, 2.05) is 0 Å². The Morgan fingerprint density at radius 2 is 2.29 bits per heavy atom. The van der Waals surface area contributed by atoms with Crippen molar-refractivity contribution in [1.82, 2.24) is 9.88 Å². The van der Waals surface area contributed by atoms with Crippen molar-refractivity contribution < 1.29 is 19.1 Å². The minimum atomic E-state index is -0.963. The van der Waals surface area contributed by atoms with Gasteiger partial charge in [-0.2, -0.15) is 0 Å². The quantitative estimate of drug-likeness (QED) is 0.832. The van der Waals surface area contributed by atoms with Crippen molar-refractivity contribution in [2.45, 2.75) is 32.2 Å². The molecule has 2 rings (SSSR count). The van der Waals surface area contributed by atoms with Gasteiger partial charge in [-0.3, -0.25) is 4.79 Å². The predicted octanol–water partition coefficient (Wildman–Crippen LogP) is 1.06. The average molecular weight is 238 g/mol. The van der Waals surface area contributed by atoms with E-state index in [9.17, 15) is 9.59 Å². The molecule has 0 saturated carbocycles. The number of carbonyl (C=O) groups excluding carboxylic acids is 1. The van der Waals surface area contributed by atoms with Crippen LogP contribution < -0.4 is 0 Å². The Hall–Kier alpha value is -1.85. The molecule has 1 aliphatic heterocycles. The zero-order valence-electron chi connectivity index (χ0n) is 9.55. The van der Waals surface area contributed by atoms with E-state index < -0.39 is 12.0 Å². The molecular formula is C11H14N2O4. The Kier molecular flexibility index (Phi) is 3.12. The predicted molar refractivity (Wildman–Crippen MR) is 57.6 cm³/mol. The number of aryl methyl sites for hydroxylation is 1. The van der Waals surface area contributed by atoms with Crippen LogP contribution in [-0.4, -0.2) is 39.5 Å². The first-order chi connectivity index (χ1) is 8.11. The van der Waals surface area contributed by atoms with Crippen LogP contribution in [0.3, 0.4) is 0 Å². The molecule has 0 radical (unpaired) electrons. The van der Waals surface area contributed by atoms with Crippen LogP contribution >= 0.6 is 0 Å². The molecule has 6 nitrogen and oxygen atoms in total. The number of piperidine rings is 1. The van der Waals surface area contributed by atoms with E-state index in [0.717, 1.165) is 12.8 Å². The average Bonchev–Trinajstić information content (AvgIpc) is 2.74. The fourth-order valence-electron chi connectivity index (χ4n) is 2.07. The lowest BCUT2D eigenvalue weighted by molar-refractivity contribution is -0.143. The Balaban J connectivity index is 2.23. The van der Waals surface area contributed by atoms with Gasteiger partial charge >= 0.3 is 5.97 Å². The molecule has 0 aliphatic carbocycles. The monoisotopic (exact) mass is 238 g/mol. The second-order valence-corrected chi connectivity index (χ2v) is 4.12. The molecule has 1 N–H and O–H groups in total. The van der Waals surface area contributed by atoms with Gasteiger partial charge in [-0.05, 0) is 26.2 Å². The summed E-state index contributed by atoms with van der Waals surface area (Å²) >= 11 is 0. The molecule has 0 unspecified atom stereocenters. The molecular weight excluding hydrogens is 224 g/mol. The minimum absolute atomic E-state index is 0.137. The number of amides is 1. The number of hydrogen-bond donors (Lipinski definition) is 1. The molecule has 0 spiro atoms. The van der Waals surface area contributed by atoms with E-state index in [-0.39, 0.29) is 11.7 Å². The van der Waals surface area contributed by atoms with Crippen LogP contribution in [0.25, 0.3) is 0 Å². The van der Waals surface area contributed by atoms with Gasteiger partial charge in [0, 0.05) is 6.54 Å². The van der Waals surface area contributed by atoms with Crippen LogP contribution in [0.15, 0.2) is 10.8 Å². The summed E-state index contributed by atoms with van der Waals surface area (Å²) in [5.74, 6) is -1.21. The zero-order chi connectivity index (χ0) is 12.4. The lowest BCUT2D eigenvalue weighted by Gasteiger charge is -2.32. The lowest BCUT2D eigenvalue weighted by atomic mass is 10.0. The molecule has 2 heterocycles. The van der Waals surface area contributed by atoms with Gasteiger partial charge in [0.15, 0.2) is 6.39 Å². The lowest BCUT2D eigenvalue weighted by Crippen LogP contribution is -2.48. The number of carbonyl (C=O) groups is 2. The maximum atomic E-state index is 12.1. The van der Waals surface area contributed by atoms with Crippen LogP contribution in [0.2, 0.25) is 0 Å².